The Labute approximate surface area is 141 Å². The molecule has 6 heteroatoms. The highest BCUT2D eigenvalue weighted by atomic mass is 16.5. The second-order valence-electron chi connectivity index (χ2n) is 6.37. The first kappa shape index (κ1) is 16.8. The van der Waals surface area contributed by atoms with Crippen LogP contribution in [-0.2, 0) is 9.53 Å². The molecule has 24 heavy (non-hydrogen) atoms. The third-order valence-corrected chi connectivity index (χ3v) is 4.62. The molecular formula is C18H23NO5. The van der Waals surface area contributed by atoms with Gasteiger partial charge in [0.1, 0.15) is 12.4 Å². The lowest BCUT2D eigenvalue weighted by atomic mass is 9.97. The van der Waals surface area contributed by atoms with Crippen molar-refractivity contribution in [2.24, 2.45) is 5.92 Å². The van der Waals surface area contributed by atoms with Gasteiger partial charge in [0.05, 0.1) is 17.6 Å². The zero-order valence-corrected chi connectivity index (χ0v) is 13.6. The highest BCUT2D eigenvalue weighted by Crippen LogP contribution is 2.25. The molecule has 2 fully saturated rings. The standard InChI is InChI=1S/C18H23NO5/c20-17(19-9-3-5-13(11-19)18(21)22)15-7-1-2-8-16(15)24-12-14-6-4-10-23-14/h1-2,7-8,13-14H,3-6,9-12H2,(H,21,22)/t13-,14-/m1/s1. The molecule has 0 radical (unpaired) electrons. The van der Waals surface area contributed by atoms with Crippen LogP contribution in [0.2, 0.25) is 0 Å². The molecule has 1 aromatic carbocycles. The SMILES string of the molecule is O=C(O)[C@@H]1CCCN(C(=O)c2ccccc2OC[C@H]2CCCO2)C1. The number of carbonyl (C=O) groups excluding carboxylic acids is 1. The third kappa shape index (κ3) is 3.87. The summed E-state index contributed by atoms with van der Waals surface area (Å²) in [5.74, 6) is -0.947. The first-order chi connectivity index (χ1) is 11.6. The summed E-state index contributed by atoms with van der Waals surface area (Å²) in [5, 5.41) is 9.19. The number of amides is 1. The summed E-state index contributed by atoms with van der Waals surface area (Å²) in [5.41, 5.74) is 0.488. The number of ether oxygens (including phenoxy) is 2. The molecule has 2 aliphatic rings. The summed E-state index contributed by atoms with van der Waals surface area (Å²) in [6.07, 6.45) is 3.43. The third-order valence-electron chi connectivity index (χ3n) is 4.62. The van der Waals surface area contributed by atoms with Crippen molar-refractivity contribution in [2.75, 3.05) is 26.3 Å². The number of carbonyl (C=O) groups is 2. The van der Waals surface area contributed by atoms with E-state index in [0.29, 0.717) is 37.3 Å². The van der Waals surface area contributed by atoms with Crippen molar-refractivity contribution >= 4 is 11.9 Å². The number of likely N-dealkylation sites (tertiary alicyclic amines) is 1. The van der Waals surface area contributed by atoms with Gasteiger partial charge in [-0.15, -0.1) is 0 Å². The van der Waals surface area contributed by atoms with E-state index in [4.69, 9.17) is 9.47 Å². The van der Waals surface area contributed by atoms with Gasteiger partial charge in [0.25, 0.3) is 5.91 Å². The molecule has 3 rings (SSSR count). The minimum absolute atomic E-state index is 0.0829. The summed E-state index contributed by atoms with van der Waals surface area (Å²) in [6, 6.07) is 7.14. The molecule has 0 bridgehead atoms. The van der Waals surface area contributed by atoms with Crippen LogP contribution in [0.1, 0.15) is 36.0 Å². The Kier molecular flexibility index (Phi) is 5.35. The lowest BCUT2D eigenvalue weighted by molar-refractivity contribution is -0.143. The monoisotopic (exact) mass is 333 g/mol. The van der Waals surface area contributed by atoms with Gasteiger partial charge in [-0.3, -0.25) is 9.59 Å². The van der Waals surface area contributed by atoms with Crippen LogP contribution in [0.15, 0.2) is 24.3 Å². The van der Waals surface area contributed by atoms with Gasteiger partial charge in [-0.2, -0.15) is 0 Å². The van der Waals surface area contributed by atoms with Crippen molar-refractivity contribution in [1.82, 2.24) is 4.90 Å². The number of hydrogen-bond acceptors (Lipinski definition) is 4. The van der Waals surface area contributed by atoms with Crippen LogP contribution in [0.4, 0.5) is 0 Å². The maximum Gasteiger partial charge on any atom is 0.308 e. The normalized spacial score (nSPS) is 23.9. The molecule has 130 valence electrons. The van der Waals surface area contributed by atoms with Crippen molar-refractivity contribution < 1.29 is 24.2 Å². The Morgan fingerprint density at radius 3 is 2.83 bits per heavy atom. The van der Waals surface area contributed by atoms with E-state index in [-0.39, 0.29) is 18.6 Å². The number of benzene rings is 1. The zero-order valence-electron chi connectivity index (χ0n) is 13.6. The molecule has 0 spiro atoms. The zero-order chi connectivity index (χ0) is 16.9. The second-order valence-corrected chi connectivity index (χ2v) is 6.37. The first-order valence-electron chi connectivity index (χ1n) is 8.50. The molecule has 0 unspecified atom stereocenters. The van der Waals surface area contributed by atoms with Gasteiger partial charge in [0, 0.05) is 19.7 Å². The van der Waals surface area contributed by atoms with E-state index in [1.807, 2.05) is 6.07 Å². The summed E-state index contributed by atoms with van der Waals surface area (Å²) in [6.45, 7) is 2.04. The number of rotatable bonds is 5. The largest absolute Gasteiger partial charge is 0.490 e. The van der Waals surface area contributed by atoms with E-state index < -0.39 is 11.9 Å². The van der Waals surface area contributed by atoms with Gasteiger partial charge in [0.15, 0.2) is 0 Å². The summed E-state index contributed by atoms with van der Waals surface area (Å²) in [4.78, 5) is 25.6. The van der Waals surface area contributed by atoms with Crippen LogP contribution < -0.4 is 4.74 Å². The van der Waals surface area contributed by atoms with Crippen molar-refractivity contribution in [1.29, 1.82) is 0 Å². The maximum absolute atomic E-state index is 12.8. The molecule has 2 aliphatic heterocycles. The minimum Gasteiger partial charge on any atom is -0.490 e. The maximum atomic E-state index is 12.8. The summed E-state index contributed by atoms with van der Waals surface area (Å²) in [7, 11) is 0. The molecule has 0 aromatic heterocycles. The van der Waals surface area contributed by atoms with Crippen molar-refractivity contribution in [3.8, 4) is 5.75 Å². The molecule has 6 nitrogen and oxygen atoms in total. The Morgan fingerprint density at radius 1 is 1.25 bits per heavy atom. The van der Waals surface area contributed by atoms with Gasteiger partial charge in [-0.25, -0.2) is 0 Å². The Bertz CT molecular complexity index is 597. The lowest BCUT2D eigenvalue weighted by Crippen LogP contribution is -2.42. The van der Waals surface area contributed by atoms with E-state index in [1.165, 1.54) is 0 Å². The van der Waals surface area contributed by atoms with Crippen LogP contribution in [0.5, 0.6) is 5.75 Å². The quantitative estimate of drug-likeness (QED) is 0.894. The number of nitrogens with zero attached hydrogens (tertiary/aromatic N) is 1. The van der Waals surface area contributed by atoms with Crippen molar-refractivity contribution in [2.45, 2.75) is 31.8 Å². The van der Waals surface area contributed by atoms with Crippen LogP contribution in [0, 0.1) is 5.92 Å². The molecule has 1 N–H and O–H groups in total. The fraction of sp³-hybridized carbons (Fsp3) is 0.556. The molecule has 2 atom stereocenters. The molecule has 2 saturated heterocycles. The van der Waals surface area contributed by atoms with Crippen molar-refractivity contribution in [3.63, 3.8) is 0 Å². The Morgan fingerprint density at radius 2 is 2.08 bits per heavy atom. The average molecular weight is 333 g/mol. The highest BCUT2D eigenvalue weighted by Gasteiger charge is 2.30. The van der Waals surface area contributed by atoms with Gasteiger partial charge in [-0.1, -0.05) is 12.1 Å². The number of carboxylic acids is 1. The average Bonchev–Trinajstić information content (AvgIpc) is 3.13. The van der Waals surface area contributed by atoms with E-state index in [1.54, 1.807) is 23.1 Å². The minimum atomic E-state index is -0.838. The van der Waals surface area contributed by atoms with Crippen molar-refractivity contribution in [3.05, 3.63) is 29.8 Å². The predicted molar refractivity (Wildman–Crippen MR) is 87.2 cm³/mol. The number of carboxylic acid groups (broad SMARTS) is 1. The lowest BCUT2D eigenvalue weighted by Gasteiger charge is -2.31. The van der Waals surface area contributed by atoms with E-state index >= 15 is 0 Å². The number of aliphatic carboxylic acids is 1. The smallest absolute Gasteiger partial charge is 0.308 e. The number of para-hydroxylation sites is 1. The van der Waals surface area contributed by atoms with Gasteiger partial charge in [0.2, 0.25) is 0 Å². The molecule has 2 heterocycles. The van der Waals surface area contributed by atoms with Gasteiger partial charge >= 0.3 is 5.97 Å². The van der Waals surface area contributed by atoms with Crippen LogP contribution in [0.25, 0.3) is 0 Å². The second kappa shape index (κ2) is 7.66. The fourth-order valence-electron chi connectivity index (χ4n) is 3.26. The van der Waals surface area contributed by atoms with Gasteiger partial charge in [-0.05, 0) is 37.8 Å². The number of piperidine rings is 1. The Balaban J connectivity index is 1.68. The molecule has 1 aromatic rings. The first-order valence-corrected chi connectivity index (χ1v) is 8.50. The van der Waals surface area contributed by atoms with E-state index in [9.17, 15) is 14.7 Å². The Hall–Kier alpha value is -2.08. The highest BCUT2D eigenvalue weighted by molar-refractivity contribution is 5.97. The predicted octanol–water partition coefficient (Wildman–Crippen LogP) is 2.18. The van der Waals surface area contributed by atoms with Crippen LogP contribution in [-0.4, -0.2) is 54.3 Å². The van der Waals surface area contributed by atoms with E-state index in [2.05, 4.69) is 0 Å². The van der Waals surface area contributed by atoms with Crippen LogP contribution in [0.3, 0.4) is 0 Å². The molecule has 0 saturated carbocycles. The van der Waals surface area contributed by atoms with E-state index in [0.717, 1.165) is 19.4 Å². The van der Waals surface area contributed by atoms with Crippen LogP contribution >= 0.6 is 0 Å². The van der Waals surface area contributed by atoms with Gasteiger partial charge < -0.3 is 19.5 Å². The fourth-order valence-corrected chi connectivity index (χ4v) is 3.26. The molecule has 1 amide bonds. The summed E-state index contributed by atoms with van der Waals surface area (Å²) >= 11 is 0. The number of hydrogen-bond donors (Lipinski definition) is 1. The molecule has 0 aliphatic carbocycles. The summed E-state index contributed by atoms with van der Waals surface area (Å²) < 4.78 is 11.4. The molecular weight excluding hydrogens is 310 g/mol. The topological polar surface area (TPSA) is 76.1 Å².